The molecule has 5 nitrogen and oxygen atoms in total. The van der Waals surface area contributed by atoms with Gasteiger partial charge >= 0.3 is 5.69 Å². The molecule has 128 valence electrons. The summed E-state index contributed by atoms with van der Waals surface area (Å²) in [5.41, 5.74) is 3.90. The number of nitrogens with zero attached hydrogens (tertiary/aromatic N) is 4. The molecule has 4 rings (SSSR count). The molecule has 0 aliphatic carbocycles. The average molecular weight is 342 g/mol. The van der Waals surface area contributed by atoms with Crippen molar-refractivity contribution in [2.75, 3.05) is 0 Å². The fraction of sp³-hybridized carbons (Fsp3) is 0.143. The Balaban J connectivity index is 1.93. The quantitative estimate of drug-likeness (QED) is 0.526. The maximum absolute atomic E-state index is 13.2. The molecule has 4 aromatic rings. The summed E-state index contributed by atoms with van der Waals surface area (Å²) in [4.78, 5) is 13.2. The molecule has 0 aliphatic heterocycles. The molecule has 5 heteroatoms. The highest BCUT2D eigenvalue weighted by molar-refractivity contribution is 5.55. The third kappa shape index (κ3) is 2.72. The van der Waals surface area contributed by atoms with E-state index in [0.29, 0.717) is 11.4 Å². The Morgan fingerprint density at radius 1 is 1.04 bits per heavy atom. The van der Waals surface area contributed by atoms with E-state index in [1.54, 1.807) is 13.6 Å². The highest BCUT2D eigenvalue weighted by Gasteiger charge is 2.12. The van der Waals surface area contributed by atoms with Crippen molar-refractivity contribution in [3.05, 3.63) is 88.4 Å². The third-order valence-corrected chi connectivity index (χ3v) is 4.30. The molecule has 0 aliphatic rings. The van der Waals surface area contributed by atoms with Crippen LogP contribution in [-0.2, 0) is 13.5 Å². The number of benzene rings is 1. The largest absolute Gasteiger partial charge is 0.338 e. The van der Waals surface area contributed by atoms with Crippen molar-refractivity contribution < 1.29 is 0 Å². The van der Waals surface area contributed by atoms with Gasteiger partial charge in [-0.05, 0) is 54.7 Å². The molecular formula is C21H18N4O. The monoisotopic (exact) mass is 342 g/mol. The number of hydrogen-bond acceptors (Lipinski definition) is 2. The zero-order chi connectivity index (χ0) is 18.1. The highest BCUT2D eigenvalue weighted by atomic mass is 16.1. The molecule has 0 amide bonds. The van der Waals surface area contributed by atoms with Gasteiger partial charge in [0.25, 0.3) is 0 Å². The molecule has 3 aromatic heterocycles. The van der Waals surface area contributed by atoms with Crippen LogP contribution in [0.5, 0.6) is 0 Å². The molecule has 0 atom stereocenters. The van der Waals surface area contributed by atoms with Crippen molar-refractivity contribution in [1.29, 1.82) is 0 Å². The van der Waals surface area contributed by atoms with Gasteiger partial charge in [-0.1, -0.05) is 25.1 Å². The lowest BCUT2D eigenvalue weighted by atomic mass is 10.2. The minimum Gasteiger partial charge on any atom is -0.275 e. The second-order valence-electron chi connectivity index (χ2n) is 6.05. The van der Waals surface area contributed by atoms with Gasteiger partial charge in [0.2, 0.25) is 0 Å². The minimum absolute atomic E-state index is 0.110. The first-order valence-corrected chi connectivity index (χ1v) is 8.51. The van der Waals surface area contributed by atoms with Crippen LogP contribution in [0.4, 0.5) is 0 Å². The molecule has 0 saturated carbocycles. The van der Waals surface area contributed by atoms with Gasteiger partial charge in [0, 0.05) is 18.9 Å². The topological polar surface area (TPSA) is 44.2 Å². The lowest BCUT2D eigenvalue weighted by Gasteiger charge is -2.13. The van der Waals surface area contributed by atoms with Gasteiger partial charge in [-0.15, -0.1) is 0 Å². The van der Waals surface area contributed by atoms with Gasteiger partial charge in [-0.2, -0.15) is 5.10 Å². The van der Waals surface area contributed by atoms with E-state index in [-0.39, 0.29) is 5.69 Å². The Hall–Kier alpha value is -3.52. The summed E-state index contributed by atoms with van der Waals surface area (Å²) in [6.07, 6.45) is 2.61. The van der Waals surface area contributed by atoms with Crippen LogP contribution in [0.1, 0.15) is 24.0 Å². The molecule has 0 fully saturated rings. The van der Waals surface area contributed by atoms with Crippen molar-refractivity contribution in [2.45, 2.75) is 13.3 Å². The van der Waals surface area contributed by atoms with Crippen molar-refractivity contribution in [3.8, 4) is 17.5 Å². The van der Waals surface area contributed by atoms with Crippen molar-refractivity contribution in [2.24, 2.45) is 7.05 Å². The van der Waals surface area contributed by atoms with E-state index in [2.05, 4.69) is 23.9 Å². The summed E-state index contributed by atoms with van der Waals surface area (Å²) in [5.74, 6) is 6.10. The maximum Gasteiger partial charge on any atom is 0.338 e. The fourth-order valence-electron chi connectivity index (χ4n) is 3.06. The molecule has 3 heterocycles. The van der Waals surface area contributed by atoms with E-state index in [0.717, 1.165) is 23.3 Å². The van der Waals surface area contributed by atoms with Gasteiger partial charge in [-0.25, -0.2) is 4.79 Å². The summed E-state index contributed by atoms with van der Waals surface area (Å²) < 4.78 is 5.11. The number of para-hydroxylation sites is 1. The normalized spacial score (nSPS) is 10.7. The first-order chi connectivity index (χ1) is 12.7. The molecule has 0 bridgehead atoms. The molecular weight excluding hydrogens is 324 g/mol. The fourth-order valence-corrected chi connectivity index (χ4v) is 3.06. The van der Waals surface area contributed by atoms with E-state index in [9.17, 15) is 4.79 Å². The average Bonchev–Trinajstić information content (AvgIpc) is 3.26. The van der Waals surface area contributed by atoms with Crippen molar-refractivity contribution in [3.63, 3.8) is 0 Å². The third-order valence-electron chi connectivity index (χ3n) is 4.30. The second-order valence-corrected chi connectivity index (χ2v) is 6.05. The van der Waals surface area contributed by atoms with Crippen LogP contribution in [0.2, 0.25) is 0 Å². The predicted octanol–water partition coefficient (Wildman–Crippen LogP) is 2.79. The van der Waals surface area contributed by atoms with Gasteiger partial charge < -0.3 is 0 Å². The molecule has 1 aromatic carbocycles. The van der Waals surface area contributed by atoms with Gasteiger partial charge in [0.05, 0.1) is 11.2 Å². The number of fused-ring (bicyclic) bond motifs is 1. The first kappa shape index (κ1) is 16.0. The second kappa shape index (κ2) is 6.41. The van der Waals surface area contributed by atoms with Crippen LogP contribution < -0.4 is 5.69 Å². The SMILES string of the molecule is CCc1cc2ccc(C#Cc3ccn(C)n3)n2c(=O)n1-c1ccccc1. The standard InChI is InChI=1S/C21H18N4O/c1-3-17-15-20-12-11-19(10-9-16-13-14-23(2)22-16)25(20)21(26)24(17)18-7-5-4-6-8-18/h4-8,11-15H,3H2,1-2H3. The lowest BCUT2D eigenvalue weighted by molar-refractivity contribution is 0.764. The summed E-state index contributed by atoms with van der Waals surface area (Å²) in [7, 11) is 1.85. The number of aromatic nitrogens is 4. The van der Waals surface area contributed by atoms with E-state index in [1.807, 2.05) is 67.8 Å². The number of rotatable bonds is 2. The Labute approximate surface area is 151 Å². The Bertz CT molecular complexity index is 1200. The minimum atomic E-state index is -0.110. The smallest absolute Gasteiger partial charge is 0.275 e. The Morgan fingerprint density at radius 3 is 2.54 bits per heavy atom. The summed E-state index contributed by atoms with van der Waals surface area (Å²) in [6, 6.07) is 17.4. The Morgan fingerprint density at radius 2 is 1.85 bits per heavy atom. The van der Waals surface area contributed by atoms with Gasteiger partial charge in [0.15, 0.2) is 0 Å². The van der Waals surface area contributed by atoms with E-state index < -0.39 is 0 Å². The van der Waals surface area contributed by atoms with Crippen molar-refractivity contribution >= 4 is 5.52 Å². The predicted molar refractivity (Wildman–Crippen MR) is 102 cm³/mol. The van der Waals surface area contributed by atoms with E-state index >= 15 is 0 Å². The Kier molecular flexibility index (Phi) is 3.94. The zero-order valence-corrected chi connectivity index (χ0v) is 14.7. The molecule has 0 N–H and O–H groups in total. The molecule has 26 heavy (non-hydrogen) atoms. The lowest BCUT2D eigenvalue weighted by Crippen LogP contribution is -2.28. The molecule has 0 unspecified atom stereocenters. The first-order valence-electron chi connectivity index (χ1n) is 8.51. The van der Waals surface area contributed by atoms with Gasteiger partial charge in [0.1, 0.15) is 11.4 Å². The van der Waals surface area contributed by atoms with Crippen molar-refractivity contribution in [1.82, 2.24) is 18.7 Å². The maximum atomic E-state index is 13.2. The van der Waals surface area contributed by atoms with Crippen LogP contribution in [-0.4, -0.2) is 18.7 Å². The molecule has 0 saturated heterocycles. The summed E-state index contributed by atoms with van der Waals surface area (Å²) in [5, 5.41) is 4.26. The highest BCUT2D eigenvalue weighted by Crippen LogP contribution is 2.14. The van der Waals surface area contributed by atoms with Gasteiger partial charge in [-0.3, -0.25) is 13.6 Å². The zero-order valence-electron chi connectivity index (χ0n) is 14.7. The number of aryl methyl sites for hydroxylation is 2. The van der Waals surface area contributed by atoms with Crippen LogP contribution in [0.15, 0.2) is 65.6 Å². The van der Waals surface area contributed by atoms with Crippen LogP contribution >= 0.6 is 0 Å². The summed E-state index contributed by atoms with van der Waals surface area (Å²) in [6.45, 7) is 2.05. The molecule has 0 radical (unpaired) electrons. The van der Waals surface area contributed by atoms with Crippen LogP contribution in [0, 0.1) is 11.8 Å². The number of hydrogen-bond donors (Lipinski definition) is 0. The summed E-state index contributed by atoms with van der Waals surface area (Å²) >= 11 is 0. The van der Waals surface area contributed by atoms with Crippen LogP contribution in [0.3, 0.4) is 0 Å². The molecule has 0 spiro atoms. The van der Waals surface area contributed by atoms with E-state index in [4.69, 9.17) is 0 Å². The van der Waals surface area contributed by atoms with E-state index in [1.165, 1.54) is 0 Å². The van der Waals surface area contributed by atoms with Crippen LogP contribution in [0.25, 0.3) is 11.2 Å².